The number of nitrogens with zero attached hydrogens (tertiary/aromatic N) is 1. The Morgan fingerprint density at radius 2 is 2.20 bits per heavy atom. The Balaban J connectivity index is 1.83. The molecule has 20 heavy (non-hydrogen) atoms. The zero-order valence-electron chi connectivity index (χ0n) is 11.9. The molecule has 1 atom stereocenters. The van der Waals surface area contributed by atoms with Crippen LogP contribution in [0.4, 0.5) is 0 Å². The molecule has 1 saturated heterocycles. The zero-order valence-corrected chi connectivity index (χ0v) is 11.9. The summed E-state index contributed by atoms with van der Waals surface area (Å²) in [4.78, 5) is 25.5. The van der Waals surface area contributed by atoms with Gasteiger partial charge in [-0.25, -0.2) is 0 Å². The normalized spacial score (nSPS) is 24.9. The zero-order chi connectivity index (χ0) is 14.6. The predicted octanol–water partition coefficient (Wildman–Crippen LogP) is 0.690. The highest BCUT2D eigenvalue weighted by Gasteiger charge is 2.37. The van der Waals surface area contributed by atoms with Crippen LogP contribution >= 0.6 is 0 Å². The Kier molecular flexibility index (Phi) is 4.81. The molecule has 5 nitrogen and oxygen atoms in total. The number of likely N-dealkylation sites (tertiary alicyclic amines) is 1. The van der Waals surface area contributed by atoms with Crippen molar-refractivity contribution in [3.63, 3.8) is 0 Å². The van der Waals surface area contributed by atoms with Crippen molar-refractivity contribution in [3.8, 4) is 0 Å². The molecule has 0 aromatic rings. The van der Waals surface area contributed by atoms with Gasteiger partial charge in [0.1, 0.15) is 0 Å². The summed E-state index contributed by atoms with van der Waals surface area (Å²) in [5.74, 6) is -0.313. The Bertz CT molecular complexity index is 389. The van der Waals surface area contributed by atoms with Crippen LogP contribution in [-0.2, 0) is 9.59 Å². The molecule has 0 bridgehead atoms. The van der Waals surface area contributed by atoms with Crippen LogP contribution in [0, 0.1) is 11.3 Å². The van der Waals surface area contributed by atoms with Gasteiger partial charge in [0, 0.05) is 31.5 Å². The van der Waals surface area contributed by atoms with Crippen molar-refractivity contribution in [2.45, 2.75) is 32.1 Å². The Morgan fingerprint density at radius 1 is 1.50 bits per heavy atom. The lowest BCUT2D eigenvalue weighted by Gasteiger charge is -2.27. The maximum absolute atomic E-state index is 12.2. The summed E-state index contributed by atoms with van der Waals surface area (Å²) < 4.78 is 0. The van der Waals surface area contributed by atoms with Crippen molar-refractivity contribution in [2.24, 2.45) is 11.3 Å². The number of carbonyl (C=O) groups is 2. The number of aliphatic hydroxyl groups excluding tert-OH is 1. The SMILES string of the molecule is C=CCN1C[C@H](C(=O)NCC2(CO)CCCC2)CC1=O. The Labute approximate surface area is 120 Å². The molecule has 2 aliphatic rings. The lowest BCUT2D eigenvalue weighted by Crippen LogP contribution is -2.41. The van der Waals surface area contributed by atoms with E-state index in [4.69, 9.17) is 0 Å². The molecular weight excluding hydrogens is 256 g/mol. The van der Waals surface area contributed by atoms with Crippen LogP contribution in [0.25, 0.3) is 0 Å². The molecule has 0 spiro atoms. The number of hydrogen-bond donors (Lipinski definition) is 2. The van der Waals surface area contributed by atoms with Gasteiger partial charge in [0.25, 0.3) is 0 Å². The van der Waals surface area contributed by atoms with Crippen molar-refractivity contribution in [1.29, 1.82) is 0 Å². The van der Waals surface area contributed by atoms with E-state index in [1.54, 1.807) is 11.0 Å². The summed E-state index contributed by atoms with van der Waals surface area (Å²) in [5.41, 5.74) is -0.140. The highest BCUT2D eigenvalue weighted by molar-refractivity contribution is 5.89. The molecule has 1 aliphatic carbocycles. The molecule has 0 aromatic heterocycles. The lowest BCUT2D eigenvalue weighted by atomic mass is 9.87. The average molecular weight is 280 g/mol. The molecule has 2 amide bonds. The van der Waals surface area contributed by atoms with E-state index in [-0.39, 0.29) is 36.2 Å². The molecule has 1 saturated carbocycles. The number of nitrogens with one attached hydrogen (secondary N) is 1. The van der Waals surface area contributed by atoms with E-state index >= 15 is 0 Å². The summed E-state index contributed by atoms with van der Waals surface area (Å²) in [7, 11) is 0. The van der Waals surface area contributed by atoms with Gasteiger partial charge in [-0.2, -0.15) is 0 Å². The maximum Gasteiger partial charge on any atom is 0.225 e. The summed E-state index contributed by atoms with van der Waals surface area (Å²) in [6.45, 7) is 5.24. The van der Waals surface area contributed by atoms with Crippen LogP contribution < -0.4 is 5.32 Å². The van der Waals surface area contributed by atoms with E-state index in [1.165, 1.54) is 0 Å². The number of carbonyl (C=O) groups excluding carboxylic acids is 2. The molecule has 2 fully saturated rings. The minimum Gasteiger partial charge on any atom is -0.396 e. The first-order chi connectivity index (χ1) is 9.60. The Hall–Kier alpha value is -1.36. The van der Waals surface area contributed by atoms with Gasteiger partial charge in [0.05, 0.1) is 12.5 Å². The van der Waals surface area contributed by atoms with Crippen LogP contribution in [0.1, 0.15) is 32.1 Å². The van der Waals surface area contributed by atoms with E-state index in [2.05, 4.69) is 11.9 Å². The van der Waals surface area contributed by atoms with E-state index in [0.29, 0.717) is 19.6 Å². The highest BCUT2D eigenvalue weighted by atomic mass is 16.3. The van der Waals surface area contributed by atoms with Crippen LogP contribution in [0.2, 0.25) is 0 Å². The summed E-state index contributed by atoms with van der Waals surface area (Å²) in [6, 6.07) is 0. The van der Waals surface area contributed by atoms with Gasteiger partial charge in [-0.1, -0.05) is 18.9 Å². The van der Waals surface area contributed by atoms with Crippen molar-refractivity contribution >= 4 is 11.8 Å². The third-order valence-corrected chi connectivity index (χ3v) is 4.57. The summed E-state index contributed by atoms with van der Waals surface area (Å²) in [5, 5.41) is 12.5. The number of hydrogen-bond acceptors (Lipinski definition) is 3. The summed E-state index contributed by atoms with van der Waals surface area (Å²) in [6.07, 6.45) is 6.13. The fourth-order valence-corrected chi connectivity index (χ4v) is 3.21. The molecular formula is C15H24N2O3. The van der Waals surface area contributed by atoms with Gasteiger partial charge in [-0.15, -0.1) is 6.58 Å². The fraction of sp³-hybridized carbons (Fsp3) is 0.733. The number of aliphatic hydroxyl groups is 1. The lowest BCUT2D eigenvalue weighted by molar-refractivity contribution is -0.128. The fourth-order valence-electron chi connectivity index (χ4n) is 3.21. The minimum atomic E-state index is -0.264. The first-order valence-corrected chi connectivity index (χ1v) is 7.37. The highest BCUT2D eigenvalue weighted by Crippen LogP contribution is 2.37. The molecule has 0 aromatic carbocycles. The molecule has 1 heterocycles. The van der Waals surface area contributed by atoms with Gasteiger partial charge in [0.2, 0.25) is 11.8 Å². The quantitative estimate of drug-likeness (QED) is 0.703. The molecule has 0 unspecified atom stereocenters. The molecule has 0 radical (unpaired) electrons. The topological polar surface area (TPSA) is 69.6 Å². The van der Waals surface area contributed by atoms with Gasteiger partial charge in [-0.05, 0) is 12.8 Å². The largest absolute Gasteiger partial charge is 0.396 e. The van der Waals surface area contributed by atoms with Crippen molar-refractivity contribution in [2.75, 3.05) is 26.2 Å². The van der Waals surface area contributed by atoms with Crippen LogP contribution in [0.3, 0.4) is 0 Å². The first-order valence-electron chi connectivity index (χ1n) is 7.37. The molecule has 2 rings (SSSR count). The van der Waals surface area contributed by atoms with E-state index in [9.17, 15) is 14.7 Å². The second kappa shape index (κ2) is 6.39. The van der Waals surface area contributed by atoms with Gasteiger partial charge >= 0.3 is 0 Å². The van der Waals surface area contributed by atoms with Gasteiger partial charge < -0.3 is 15.3 Å². The summed E-state index contributed by atoms with van der Waals surface area (Å²) >= 11 is 0. The molecule has 112 valence electrons. The van der Waals surface area contributed by atoms with E-state index in [0.717, 1.165) is 25.7 Å². The van der Waals surface area contributed by atoms with Gasteiger partial charge in [0.15, 0.2) is 0 Å². The van der Waals surface area contributed by atoms with Crippen LogP contribution in [-0.4, -0.2) is 48.1 Å². The standard InChI is InChI=1S/C15H24N2O3/c1-2-7-17-9-12(8-13(17)19)14(20)16-10-15(11-18)5-3-4-6-15/h2,12,18H,1,3-11H2,(H,16,20)/t12-/m1/s1. The minimum absolute atomic E-state index is 0.0165. The molecule has 1 aliphatic heterocycles. The van der Waals surface area contributed by atoms with Crippen molar-refractivity contribution in [3.05, 3.63) is 12.7 Å². The molecule has 2 N–H and O–H groups in total. The first kappa shape index (κ1) is 15.0. The Morgan fingerprint density at radius 3 is 2.80 bits per heavy atom. The number of rotatable bonds is 6. The van der Waals surface area contributed by atoms with Crippen LogP contribution in [0.15, 0.2) is 12.7 Å². The third-order valence-electron chi connectivity index (χ3n) is 4.57. The van der Waals surface area contributed by atoms with Crippen molar-refractivity contribution < 1.29 is 14.7 Å². The van der Waals surface area contributed by atoms with E-state index in [1.807, 2.05) is 0 Å². The van der Waals surface area contributed by atoms with Crippen molar-refractivity contribution in [1.82, 2.24) is 10.2 Å². The maximum atomic E-state index is 12.2. The monoisotopic (exact) mass is 280 g/mol. The smallest absolute Gasteiger partial charge is 0.225 e. The number of amides is 2. The van der Waals surface area contributed by atoms with E-state index < -0.39 is 0 Å². The average Bonchev–Trinajstić information content (AvgIpc) is 3.05. The molecule has 5 heteroatoms. The third kappa shape index (κ3) is 3.20. The van der Waals surface area contributed by atoms with Crippen LogP contribution in [0.5, 0.6) is 0 Å². The van der Waals surface area contributed by atoms with Gasteiger partial charge in [-0.3, -0.25) is 9.59 Å². The second-order valence-corrected chi connectivity index (χ2v) is 6.07. The second-order valence-electron chi connectivity index (χ2n) is 6.07. The predicted molar refractivity (Wildman–Crippen MR) is 75.9 cm³/mol.